The molecular formula is C9H21NOS. The largest absolute Gasteiger partial charge is 0.317 e. The number of rotatable bonds is 7. The summed E-state index contributed by atoms with van der Waals surface area (Å²) in [5, 5.41) is 3.14. The molecule has 0 spiro atoms. The molecule has 2 nitrogen and oxygen atoms in total. The third-order valence-corrected chi connectivity index (χ3v) is 3.43. The Hall–Kier alpha value is 0.110. The normalized spacial score (nSPS) is 15.9. The van der Waals surface area contributed by atoms with Crippen molar-refractivity contribution in [3.05, 3.63) is 0 Å². The molecule has 1 N–H and O–H groups in total. The highest BCUT2D eigenvalue weighted by atomic mass is 32.2. The van der Waals surface area contributed by atoms with Crippen LogP contribution in [-0.2, 0) is 10.8 Å². The first kappa shape index (κ1) is 12.1. The van der Waals surface area contributed by atoms with Crippen molar-refractivity contribution >= 4 is 10.8 Å². The molecule has 0 aliphatic rings. The maximum atomic E-state index is 11.3. The Morgan fingerprint density at radius 2 is 2.08 bits per heavy atom. The molecule has 0 amide bonds. The van der Waals surface area contributed by atoms with Crippen molar-refractivity contribution in [3.8, 4) is 0 Å². The summed E-state index contributed by atoms with van der Waals surface area (Å²) in [6, 6.07) is 0.496. The maximum Gasteiger partial charge on any atom is 0.0249 e. The number of hydrogen-bond acceptors (Lipinski definition) is 2. The van der Waals surface area contributed by atoms with Crippen molar-refractivity contribution in [1.29, 1.82) is 0 Å². The molecule has 3 heteroatoms. The van der Waals surface area contributed by atoms with Crippen molar-refractivity contribution in [2.24, 2.45) is 0 Å². The fourth-order valence-corrected chi connectivity index (χ4v) is 2.29. The van der Waals surface area contributed by atoms with E-state index in [-0.39, 0.29) is 0 Å². The van der Waals surface area contributed by atoms with Gasteiger partial charge in [0, 0.05) is 28.3 Å². The molecule has 2 atom stereocenters. The van der Waals surface area contributed by atoms with Crippen molar-refractivity contribution in [2.45, 2.75) is 39.2 Å². The van der Waals surface area contributed by atoms with Crippen molar-refractivity contribution in [3.63, 3.8) is 0 Å². The SMILES string of the molecule is CCCCS(=O)CCC(C)NC. The third kappa shape index (κ3) is 6.80. The molecule has 0 aromatic heterocycles. The van der Waals surface area contributed by atoms with Crippen LogP contribution in [0.3, 0.4) is 0 Å². The predicted octanol–water partition coefficient (Wildman–Crippen LogP) is 1.53. The lowest BCUT2D eigenvalue weighted by Crippen LogP contribution is -2.23. The molecule has 0 radical (unpaired) electrons. The second-order valence-electron chi connectivity index (χ2n) is 3.18. The van der Waals surface area contributed by atoms with Crippen molar-refractivity contribution in [2.75, 3.05) is 18.6 Å². The van der Waals surface area contributed by atoms with Gasteiger partial charge in [0.05, 0.1) is 0 Å². The first-order chi connectivity index (χ1) is 5.70. The van der Waals surface area contributed by atoms with Crippen LogP contribution in [0.5, 0.6) is 0 Å². The quantitative estimate of drug-likeness (QED) is 0.661. The summed E-state index contributed by atoms with van der Waals surface area (Å²) < 4.78 is 11.3. The average molecular weight is 191 g/mol. The Bertz CT molecular complexity index is 128. The van der Waals surface area contributed by atoms with Crippen LogP contribution in [0.4, 0.5) is 0 Å². The zero-order valence-electron chi connectivity index (χ0n) is 8.43. The van der Waals surface area contributed by atoms with Crippen LogP contribution in [-0.4, -0.2) is 28.8 Å². The van der Waals surface area contributed by atoms with Gasteiger partial charge < -0.3 is 5.32 Å². The van der Waals surface area contributed by atoms with Crippen LogP contribution in [0.15, 0.2) is 0 Å². The second kappa shape index (κ2) is 7.74. The van der Waals surface area contributed by atoms with E-state index in [2.05, 4.69) is 19.2 Å². The molecule has 0 aliphatic heterocycles. The topological polar surface area (TPSA) is 29.1 Å². The van der Waals surface area contributed by atoms with Gasteiger partial charge in [0.25, 0.3) is 0 Å². The van der Waals surface area contributed by atoms with E-state index < -0.39 is 10.8 Å². The zero-order valence-corrected chi connectivity index (χ0v) is 9.25. The summed E-state index contributed by atoms with van der Waals surface area (Å²) in [4.78, 5) is 0. The van der Waals surface area contributed by atoms with E-state index >= 15 is 0 Å². The van der Waals surface area contributed by atoms with Crippen LogP contribution < -0.4 is 5.32 Å². The predicted molar refractivity (Wildman–Crippen MR) is 55.9 cm³/mol. The smallest absolute Gasteiger partial charge is 0.0249 e. The van der Waals surface area contributed by atoms with Gasteiger partial charge >= 0.3 is 0 Å². The summed E-state index contributed by atoms with van der Waals surface area (Å²) >= 11 is 0. The van der Waals surface area contributed by atoms with Crippen LogP contribution in [0.25, 0.3) is 0 Å². The summed E-state index contributed by atoms with van der Waals surface area (Å²) in [5.74, 6) is 1.73. The lowest BCUT2D eigenvalue weighted by atomic mass is 10.3. The first-order valence-corrected chi connectivity index (χ1v) is 6.21. The van der Waals surface area contributed by atoms with Crippen LogP contribution in [0, 0.1) is 0 Å². The number of hydrogen-bond donors (Lipinski definition) is 1. The Morgan fingerprint density at radius 3 is 2.58 bits per heavy atom. The third-order valence-electron chi connectivity index (χ3n) is 2.00. The van der Waals surface area contributed by atoms with Crippen LogP contribution in [0.2, 0.25) is 0 Å². The Kier molecular flexibility index (Phi) is 7.81. The highest BCUT2D eigenvalue weighted by Gasteiger charge is 2.02. The minimum Gasteiger partial charge on any atom is -0.317 e. The van der Waals surface area contributed by atoms with Gasteiger partial charge in [-0.05, 0) is 26.8 Å². The van der Waals surface area contributed by atoms with E-state index in [0.717, 1.165) is 30.8 Å². The summed E-state index contributed by atoms with van der Waals surface area (Å²) in [6.07, 6.45) is 3.26. The minimum absolute atomic E-state index is 0.496. The summed E-state index contributed by atoms with van der Waals surface area (Å²) in [6.45, 7) is 4.25. The van der Waals surface area contributed by atoms with E-state index in [1.54, 1.807) is 0 Å². The van der Waals surface area contributed by atoms with E-state index in [9.17, 15) is 4.21 Å². The van der Waals surface area contributed by atoms with Gasteiger partial charge in [0.1, 0.15) is 0 Å². The maximum absolute atomic E-state index is 11.3. The van der Waals surface area contributed by atoms with Gasteiger partial charge in [0.2, 0.25) is 0 Å². The second-order valence-corrected chi connectivity index (χ2v) is 4.88. The number of unbranched alkanes of at least 4 members (excludes halogenated alkanes) is 1. The molecule has 0 aromatic rings. The standard InChI is InChI=1S/C9H21NOS/c1-4-5-7-12(11)8-6-9(2)10-3/h9-10H,4-8H2,1-3H3. The van der Waals surface area contributed by atoms with Crippen molar-refractivity contribution < 1.29 is 4.21 Å². The number of nitrogens with one attached hydrogen (secondary N) is 1. The van der Waals surface area contributed by atoms with Gasteiger partial charge in [-0.25, -0.2) is 0 Å². The van der Waals surface area contributed by atoms with E-state index in [4.69, 9.17) is 0 Å². The van der Waals surface area contributed by atoms with Crippen LogP contribution in [0.1, 0.15) is 33.1 Å². The lowest BCUT2D eigenvalue weighted by molar-refractivity contribution is 0.591. The Morgan fingerprint density at radius 1 is 1.42 bits per heavy atom. The van der Waals surface area contributed by atoms with E-state index in [1.807, 2.05) is 7.05 Å². The molecular weight excluding hydrogens is 170 g/mol. The summed E-state index contributed by atoms with van der Waals surface area (Å²) in [5.41, 5.74) is 0. The average Bonchev–Trinajstić information content (AvgIpc) is 2.10. The minimum atomic E-state index is -0.582. The fourth-order valence-electron chi connectivity index (χ4n) is 0.860. The molecule has 12 heavy (non-hydrogen) atoms. The lowest BCUT2D eigenvalue weighted by Gasteiger charge is -2.08. The zero-order chi connectivity index (χ0) is 9.40. The van der Waals surface area contributed by atoms with Gasteiger partial charge in [-0.3, -0.25) is 4.21 Å². The summed E-state index contributed by atoms with van der Waals surface area (Å²) in [7, 11) is 1.36. The van der Waals surface area contributed by atoms with Gasteiger partial charge in [-0.15, -0.1) is 0 Å². The molecule has 0 heterocycles. The highest BCUT2D eigenvalue weighted by Crippen LogP contribution is 1.97. The molecule has 2 unspecified atom stereocenters. The molecule has 0 aromatic carbocycles. The molecule has 0 saturated carbocycles. The van der Waals surface area contributed by atoms with E-state index in [0.29, 0.717) is 6.04 Å². The van der Waals surface area contributed by atoms with Gasteiger partial charge in [-0.1, -0.05) is 13.3 Å². The van der Waals surface area contributed by atoms with Crippen LogP contribution >= 0.6 is 0 Å². The molecule has 0 fully saturated rings. The molecule has 0 rings (SSSR count). The molecule has 0 aliphatic carbocycles. The fraction of sp³-hybridized carbons (Fsp3) is 1.00. The molecule has 0 bridgehead atoms. The monoisotopic (exact) mass is 191 g/mol. The molecule has 0 saturated heterocycles. The molecule has 74 valence electrons. The highest BCUT2D eigenvalue weighted by molar-refractivity contribution is 7.84. The van der Waals surface area contributed by atoms with Gasteiger partial charge in [0.15, 0.2) is 0 Å². The Balaban J connectivity index is 3.31. The van der Waals surface area contributed by atoms with E-state index in [1.165, 1.54) is 0 Å². The first-order valence-electron chi connectivity index (χ1n) is 4.73. The van der Waals surface area contributed by atoms with Gasteiger partial charge in [-0.2, -0.15) is 0 Å². The Labute approximate surface area is 78.6 Å². The van der Waals surface area contributed by atoms with Crippen molar-refractivity contribution in [1.82, 2.24) is 5.32 Å².